The maximum atomic E-state index is 12.8. The van der Waals surface area contributed by atoms with E-state index < -0.39 is 0 Å². The van der Waals surface area contributed by atoms with E-state index in [2.05, 4.69) is 4.98 Å². The lowest BCUT2D eigenvalue weighted by molar-refractivity contribution is -0.122. The van der Waals surface area contributed by atoms with Crippen LogP contribution in [-0.2, 0) is 11.3 Å². The maximum Gasteiger partial charge on any atom is 0.266 e. The van der Waals surface area contributed by atoms with Gasteiger partial charge in [0, 0.05) is 17.0 Å². The highest BCUT2D eigenvalue weighted by Gasteiger charge is 2.32. The van der Waals surface area contributed by atoms with Gasteiger partial charge in [-0.2, -0.15) is 0 Å². The third kappa shape index (κ3) is 3.48. The van der Waals surface area contributed by atoms with Crippen molar-refractivity contribution in [1.82, 2.24) is 9.88 Å². The van der Waals surface area contributed by atoms with E-state index in [9.17, 15) is 4.79 Å². The van der Waals surface area contributed by atoms with E-state index in [0.717, 1.165) is 5.39 Å². The smallest absolute Gasteiger partial charge is 0.266 e. The number of amides is 1. The molecule has 3 aromatic rings. The van der Waals surface area contributed by atoms with Crippen LogP contribution in [-0.4, -0.2) is 33.3 Å². The van der Waals surface area contributed by atoms with Crippen LogP contribution in [0.15, 0.2) is 45.9 Å². The largest absolute Gasteiger partial charge is 0.486 e. The van der Waals surface area contributed by atoms with E-state index in [4.69, 9.17) is 37.7 Å². The molecule has 6 nitrogen and oxygen atoms in total. The number of nitrogens with zero attached hydrogens (tertiary/aromatic N) is 2. The van der Waals surface area contributed by atoms with Crippen molar-refractivity contribution in [1.29, 1.82) is 0 Å². The van der Waals surface area contributed by atoms with Crippen LogP contribution in [0.3, 0.4) is 0 Å². The van der Waals surface area contributed by atoms with Crippen LogP contribution in [0, 0.1) is 0 Å². The van der Waals surface area contributed by atoms with Gasteiger partial charge in [0.1, 0.15) is 28.4 Å². The highest BCUT2D eigenvalue weighted by atomic mass is 35.5. The average molecular weight is 445 g/mol. The highest BCUT2D eigenvalue weighted by Crippen LogP contribution is 2.37. The van der Waals surface area contributed by atoms with Gasteiger partial charge in [-0.3, -0.25) is 9.69 Å². The minimum atomic E-state index is -0.185. The molecule has 1 aromatic carbocycles. The fraction of sp³-hybridized carbons (Fsp3) is 0.150. The van der Waals surface area contributed by atoms with E-state index >= 15 is 0 Å². The van der Waals surface area contributed by atoms with Crippen molar-refractivity contribution in [3.8, 4) is 11.5 Å². The first kappa shape index (κ1) is 18.5. The van der Waals surface area contributed by atoms with Crippen molar-refractivity contribution < 1.29 is 18.7 Å². The van der Waals surface area contributed by atoms with Crippen LogP contribution in [0.25, 0.3) is 17.0 Å². The van der Waals surface area contributed by atoms with Crippen molar-refractivity contribution in [2.75, 3.05) is 13.2 Å². The Morgan fingerprint density at radius 2 is 2.03 bits per heavy atom. The lowest BCUT2D eigenvalue weighted by atomic mass is 10.1. The van der Waals surface area contributed by atoms with Crippen molar-refractivity contribution in [3.63, 3.8) is 0 Å². The Labute approximate surface area is 180 Å². The number of carbonyl (C=O) groups is 1. The van der Waals surface area contributed by atoms with Crippen LogP contribution in [0.1, 0.15) is 11.3 Å². The number of rotatable bonds is 3. The van der Waals surface area contributed by atoms with E-state index in [1.807, 2.05) is 18.2 Å². The van der Waals surface area contributed by atoms with Gasteiger partial charge in [0.25, 0.3) is 5.91 Å². The molecule has 2 aliphatic rings. The molecule has 0 radical (unpaired) electrons. The van der Waals surface area contributed by atoms with Crippen LogP contribution in [0.5, 0.6) is 11.5 Å². The number of fused-ring (bicyclic) bond motifs is 2. The number of benzene rings is 1. The number of furan rings is 1. The van der Waals surface area contributed by atoms with Gasteiger partial charge in [0.05, 0.1) is 23.2 Å². The Kier molecular flexibility index (Phi) is 4.69. The molecule has 0 N–H and O–H groups in total. The molecule has 1 saturated heterocycles. The third-order valence-corrected chi connectivity index (χ3v) is 6.19. The summed E-state index contributed by atoms with van der Waals surface area (Å²) in [5.41, 5.74) is 1.33. The first-order chi connectivity index (χ1) is 14.1. The molecule has 146 valence electrons. The lowest BCUT2D eigenvalue weighted by Gasteiger charge is -2.18. The molecule has 1 amide bonds. The summed E-state index contributed by atoms with van der Waals surface area (Å²) in [7, 11) is 0. The van der Waals surface area contributed by atoms with Crippen LogP contribution < -0.4 is 9.47 Å². The summed E-state index contributed by atoms with van der Waals surface area (Å²) >= 11 is 13.0. The standard InChI is InChI=1S/C20H13ClN2O4S2/c21-18-12(6-11-7-15-16(9-14(11)22-18)27-5-4-26-15)8-17-19(24)23(20(28)29-17)10-13-2-1-3-25-13/h1-3,6-9H,4-5,10H2/b17-8+. The molecule has 0 atom stereocenters. The van der Waals surface area contributed by atoms with Crippen LogP contribution in [0.2, 0.25) is 5.15 Å². The molecule has 0 saturated carbocycles. The molecule has 0 bridgehead atoms. The van der Waals surface area contributed by atoms with Crippen LogP contribution >= 0.6 is 35.6 Å². The SMILES string of the molecule is O=C1/C(=C\c2cc3cc4c(cc3nc2Cl)OCCO4)SC(=S)N1Cc1ccco1. The Hall–Kier alpha value is -2.55. The summed E-state index contributed by atoms with van der Waals surface area (Å²) in [6.45, 7) is 1.30. The molecule has 1 fully saturated rings. The number of aromatic nitrogens is 1. The van der Waals surface area contributed by atoms with Gasteiger partial charge >= 0.3 is 0 Å². The van der Waals surface area contributed by atoms with Gasteiger partial charge in [-0.15, -0.1) is 0 Å². The fourth-order valence-electron chi connectivity index (χ4n) is 3.14. The van der Waals surface area contributed by atoms with Crippen molar-refractivity contribution in [3.05, 3.63) is 58.0 Å². The van der Waals surface area contributed by atoms with E-state index in [1.165, 1.54) is 16.7 Å². The fourth-order valence-corrected chi connectivity index (χ4v) is 4.59. The second-order valence-corrected chi connectivity index (χ2v) is 8.44. The Morgan fingerprint density at radius 1 is 1.24 bits per heavy atom. The Bertz CT molecular complexity index is 1180. The number of thiocarbonyl (C=S) groups is 1. The number of carbonyl (C=O) groups excluding carboxylic acids is 1. The highest BCUT2D eigenvalue weighted by molar-refractivity contribution is 8.26. The molecule has 2 aromatic heterocycles. The third-order valence-electron chi connectivity index (χ3n) is 4.51. The van der Waals surface area contributed by atoms with Crippen molar-refractivity contribution in [2.45, 2.75) is 6.54 Å². The number of thioether (sulfide) groups is 1. The predicted molar refractivity (Wildman–Crippen MR) is 115 cm³/mol. The quantitative estimate of drug-likeness (QED) is 0.331. The second-order valence-electron chi connectivity index (χ2n) is 6.40. The lowest BCUT2D eigenvalue weighted by Crippen LogP contribution is -2.27. The predicted octanol–water partition coefficient (Wildman–Crippen LogP) is 4.65. The summed E-state index contributed by atoms with van der Waals surface area (Å²) in [5, 5.41) is 1.14. The van der Waals surface area contributed by atoms with Crippen LogP contribution in [0.4, 0.5) is 0 Å². The van der Waals surface area contributed by atoms with E-state index in [-0.39, 0.29) is 5.91 Å². The zero-order valence-corrected chi connectivity index (χ0v) is 17.3. The van der Waals surface area contributed by atoms with Gasteiger partial charge < -0.3 is 13.9 Å². The first-order valence-electron chi connectivity index (χ1n) is 8.76. The molecule has 29 heavy (non-hydrogen) atoms. The number of ether oxygens (including phenoxy) is 2. The Balaban J connectivity index is 1.48. The minimum Gasteiger partial charge on any atom is -0.486 e. The van der Waals surface area contributed by atoms with E-state index in [0.29, 0.717) is 62.5 Å². The molecular formula is C20H13ClN2O4S2. The minimum absolute atomic E-state index is 0.185. The number of halogens is 1. The second kappa shape index (κ2) is 7.37. The summed E-state index contributed by atoms with van der Waals surface area (Å²) in [6, 6.07) is 9.13. The van der Waals surface area contributed by atoms with Gasteiger partial charge in [-0.1, -0.05) is 35.6 Å². The number of hydrogen-bond donors (Lipinski definition) is 0. The Morgan fingerprint density at radius 3 is 2.79 bits per heavy atom. The van der Waals surface area contributed by atoms with Gasteiger partial charge in [-0.05, 0) is 30.3 Å². The summed E-state index contributed by atoms with van der Waals surface area (Å²) in [6.07, 6.45) is 3.28. The molecular weight excluding hydrogens is 432 g/mol. The average Bonchev–Trinajstić information content (AvgIpc) is 3.31. The van der Waals surface area contributed by atoms with Gasteiger partial charge in [-0.25, -0.2) is 4.98 Å². The molecule has 0 spiro atoms. The first-order valence-corrected chi connectivity index (χ1v) is 10.4. The maximum absolute atomic E-state index is 12.8. The topological polar surface area (TPSA) is 64.8 Å². The molecule has 5 rings (SSSR count). The molecule has 4 heterocycles. The molecule has 0 aliphatic carbocycles. The van der Waals surface area contributed by atoms with E-state index in [1.54, 1.807) is 24.5 Å². The molecule has 2 aliphatic heterocycles. The van der Waals surface area contributed by atoms with Crippen molar-refractivity contribution >= 4 is 62.8 Å². The zero-order chi connectivity index (χ0) is 20.0. The number of pyridine rings is 1. The van der Waals surface area contributed by atoms with Crippen molar-refractivity contribution in [2.24, 2.45) is 0 Å². The monoisotopic (exact) mass is 444 g/mol. The normalized spacial score (nSPS) is 17.6. The summed E-state index contributed by atoms with van der Waals surface area (Å²) < 4.78 is 17.0. The molecule has 9 heteroatoms. The number of hydrogen-bond acceptors (Lipinski definition) is 7. The zero-order valence-electron chi connectivity index (χ0n) is 14.9. The van der Waals surface area contributed by atoms with Gasteiger partial charge in [0.15, 0.2) is 11.5 Å². The summed E-state index contributed by atoms with van der Waals surface area (Å²) in [5.74, 6) is 1.80. The molecule has 0 unspecified atom stereocenters. The van der Waals surface area contributed by atoms with Gasteiger partial charge in [0.2, 0.25) is 0 Å². The summed E-state index contributed by atoms with van der Waals surface area (Å²) in [4.78, 5) is 19.3.